The van der Waals surface area contributed by atoms with Gasteiger partial charge in [-0.3, -0.25) is 9.59 Å². The summed E-state index contributed by atoms with van der Waals surface area (Å²) in [6.45, 7) is 0.148. The van der Waals surface area contributed by atoms with Gasteiger partial charge in [-0.25, -0.2) is 4.39 Å². The van der Waals surface area contributed by atoms with Crippen LogP contribution in [0.25, 0.3) is 21.6 Å². The molecule has 0 saturated heterocycles. The molecule has 7 nitrogen and oxygen atoms in total. The van der Waals surface area contributed by atoms with Crippen LogP contribution in [0.1, 0.15) is 29.9 Å². The fourth-order valence-corrected chi connectivity index (χ4v) is 4.45. The highest BCUT2D eigenvalue weighted by molar-refractivity contribution is 6.33. The average molecular weight is 493 g/mol. The van der Waals surface area contributed by atoms with Gasteiger partial charge in [-0.15, -0.1) is 0 Å². The van der Waals surface area contributed by atoms with Crippen LogP contribution in [-0.4, -0.2) is 25.0 Å². The zero-order valence-electron chi connectivity index (χ0n) is 18.7. The number of benzene rings is 3. The van der Waals surface area contributed by atoms with Crippen molar-refractivity contribution < 1.29 is 18.7 Å². The van der Waals surface area contributed by atoms with Gasteiger partial charge in [-0.2, -0.15) is 0 Å². The van der Waals surface area contributed by atoms with E-state index in [1.165, 1.54) is 12.1 Å². The first kappa shape index (κ1) is 24.3. The summed E-state index contributed by atoms with van der Waals surface area (Å²) in [4.78, 5) is 28.3. The summed E-state index contributed by atoms with van der Waals surface area (Å²) in [6.07, 6.45) is -0.108. The quantitative estimate of drug-likeness (QED) is 0.160. The Kier molecular flexibility index (Phi) is 7.65. The first-order valence-corrected chi connectivity index (χ1v) is 11.5. The molecule has 3 aromatic carbocycles. The molecular weight excluding hydrogens is 471 g/mol. The number of nitrogens with one attached hydrogen (secondary N) is 1. The van der Waals surface area contributed by atoms with E-state index >= 15 is 0 Å². The largest absolute Gasteiger partial charge is 0.465 e. The van der Waals surface area contributed by atoms with Crippen molar-refractivity contribution in [1.29, 1.82) is 0 Å². The third-order valence-electron chi connectivity index (χ3n) is 5.98. The van der Waals surface area contributed by atoms with Crippen molar-refractivity contribution in [2.75, 3.05) is 18.5 Å². The van der Waals surface area contributed by atoms with Crippen molar-refractivity contribution in [2.45, 2.75) is 18.8 Å². The minimum absolute atomic E-state index is 0.0160. The van der Waals surface area contributed by atoms with Crippen LogP contribution in [0.15, 0.2) is 71.8 Å². The molecule has 0 aromatic heterocycles. The van der Waals surface area contributed by atoms with Crippen LogP contribution in [0, 0.1) is 11.7 Å². The molecule has 1 aliphatic carbocycles. The van der Waals surface area contributed by atoms with E-state index in [9.17, 15) is 14.0 Å². The van der Waals surface area contributed by atoms with Gasteiger partial charge in [-0.1, -0.05) is 65.2 Å². The van der Waals surface area contributed by atoms with Crippen molar-refractivity contribution >= 4 is 29.2 Å². The molecule has 0 fully saturated rings. The average Bonchev–Trinajstić information content (AvgIpc) is 3.18. The molecule has 1 atom stereocenters. The molecule has 0 bridgehead atoms. The Morgan fingerprint density at radius 2 is 1.74 bits per heavy atom. The van der Waals surface area contributed by atoms with Gasteiger partial charge in [0.25, 0.3) is 0 Å². The first-order valence-electron chi connectivity index (χ1n) is 11.1. The maximum atomic E-state index is 13.6. The summed E-state index contributed by atoms with van der Waals surface area (Å²) in [6, 6.07) is 19.6. The third-order valence-corrected chi connectivity index (χ3v) is 6.31. The van der Waals surface area contributed by atoms with Crippen LogP contribution in [0.5, 0.6) is 0 Å². The topological polar surface area (TPSA) is 104 Å². The van der Waals surface area contributed by atoms with Crippen LogP contribution in [-0.2, 0) is 14.3 Å². The Morgan fingerprint density at radius 1 is 1.09 bits per heavy atom. The molecule has 0 heterocycles. The van der Waals surface area contributed by atoms with Crippen molar-refractivity contribution in [1.82, 2.24) is 0 Å². The molecule has 0 unspecified atom stereocenters. The van der Waals surface area contributed by atoms with E-state index in [0.29, 0.717) is 0 Å². The second-order valence-electron chi connectivity index (χ2n) is 8.17. The van der Waals surface area contributed by atoms with Crippen molar-refractivity contribution in [2.24, 2.45) is 11.0 Å². The molecule has 9 heteroatoms. The Labute approximate surface area is 206 Å². The minimum Gasteiger partial charge on any atom is -0.465 e. The monoisotopic (exact) mass is 492 g/mol. The molecule has 1 N–H and O–H groups in total. The van der Waals surface area contributed by atoms with Gasteiger partial charge in [0.15, 0.2) is 0 Å². The normalized spacial score (nSPS) is 12.7. The van der Waals surface area contributed by atoms with Crippen molar-refractivity contribution in [3.63, 3.8) is 0 Å². The second-order valence-corrected chi connectivity index (χ2v) is 8.57. The number of carbonyl (C=O) groups is 2. The standard InChI is InChI=1S/C26H22ClFN4O3/c27-23-10-9-17(28)14-24(23)31-26(34)16(11-12-30-32-29)13-25(33)35-15-22-20-7-3-1-5-18(20)19-6-2-4-8-21(19)22/h1-10,14,16,22H,11-13,15H2,(H,31,34)/t16-/m1/s1. The number of esters is 1. The second kappa shape index (κ2) is 11.0. The molecular formula is C26H22ClFN4O3. The smallest absolute Gasteiger partial charge is 0.306 e. The van der Waals surface area contributed by atoms with Crippen LogP contribution in [0.2, 0.25) is 5.02 Å². The fourth-order valence-electron chi connectivity index (χ4n) is 4.29. The highest BCUT2D eigenvalue weighted by Gasteiger charge is 2.30. The summed E-state index contributed by atoms with van der Waals surface area (Å²) >= 11 is 6.04. The van der Waals surface area contributed by atoms with E-state index in [0.717, 1.165) is 28.3 Å². The molecule has 3 aromatic rings. The van der Waals surface area contributed by atoms with E-state index in [4.69, 9.17) is 21.9 Å². The van der Waals surface area contributed by atoms with E-state index in [1.54, 1.807) is 0 Å². The molecule has 1 amide bonds. The van der Waals surface area contributed by atoms with Gasteiger partial charge in [0, 0.05) is 23.3 Å². The predicted molar refractivity (Wildman–Crippen MR) is 131 cm³/mol. The lowest BCUT2D eigenvalue weighted by Crippen LogP contribution is -2.27. The Balaban J connectivity index is 1.44. The molecule has 0 spiro atoms. The van der Waals surface area contributed by atoms with Gasteiger partial charge < -0.3 is 10.1 Å². The minimum atomic E-state index is -0.851. The first-order chi connectivity index (χ1) is 17.0. The lowest BCUT2D eigenvalue weighted by Gasteiger charge is -2.18. The number of rotatable bonds is 9. The number of halogens is 2. The molecule has 178 valence electrons. The summed E-state index contributed by atoms with van der Waals surface area (Å²) < 4.78 is 19.2. The zero-order chi connectivity index (χ0) is 24.8. The summed E-state index contributed by atoms with van der Waals surface area (Å²) in [7, 11) is 0. The molecule has 35 heavy (non-hydrogen) atoms. The van der Waals surface area contributed by atoms with Crippen LogP contribution in [0.3, 0.4) is 0 Å². The Hall–Kier alpha value is -3.87. The number of ether oxygens (including phenoxy) is 1. The molecule has 0 aliphatic heterocycles. The van der Waals surface area contributed by atoms with Crippen LogP contribution in [0.4, 0.5) is 10.1 Å². The lowest BCUT2D eigenvalue weighted by atomic mass is 9.97. The number of azide groups is 1. The molecule has 1 aliphatic rings. The summed E-state index contributed by atoms with van der Waals surface area (Å²) in [5.74, 6) is -2.62. The number of anilines is 1. The number of fused-ring (bicyclic) bond motifs is 3. The summed E-state index contributed by atoms with van der Waals surface area (Å²) in [5, 5.41) is 6.18. The molecule has 4 rings (SSSR count). The van der Waals surface area contributed by atoms with E-state index in [2.05, 4.69) is 15.3 Å². The zero-order valence-corrected chi connectivity index (χ0v) is 19.4. The highest BCUT2D eigenvalue weighted by atomic mass is 35.5. The number of carbonyl (C=O) groups excluding carboxylic acids is 2. The van der Waals surface area contributed by atoms with Crippen molar-refractivity contribution in [3.8, 4) is 11.1 Å². The van der Waals surface area contributed by atoms with Gasteiger partial charge in [0.05, 0.1) is 17.1 Å². The van der Waals surface area contributed by atoms with Gasteiger partial charge >= 0.3 is 5.97 Å². The Bertz CT molecular complexity index is 1260. The number of hydrogen-bond acceptors (Lipinski definition) is 4. The molecule has 0 saturated carbocycles. The number of nitrogens with zero attached hydrogens (tertiary/aromatic N) is 3. The van der Waals surface area contributed by atoms with Gasteiger partial charge in [0.1, 0.15) is 12.4 Å². The summed E-state index contributed by atoms with van der Waals surface area (Å²) in [5.41, 5.74) is 13.1. The van der Waals surface area contributed by atoms with Crippen molar-refractivity contribution in [3.05, 3.63) is 99.1 Å². The van der Waals surface area contributed by atoms with Gasteiger partial charge in [0.2, 0.25) is 5.91 Å². The maximum Gasteiger partial charge on any atom is 0.306 e. The van der Waals surface area contributed by atoms with E-state index < -0.39 is 23.6 Å². The van der Waals surface area contributed by atoms with E-state index in [-0.39, 0.29) is 42.6 Å². The van der Waals surface area contributed by atoms with Crippen LogP contribution < -0.4 is 5.32 Å². The SMILES string of the molecule is [N-]=[N+]=NCC[C@H](CC(=O)OCC1c2ccccc2-c2ccccc21)C(=O)Nc1cc(F)ccc1Cl. The highest BCUT2D eigenvalue weighted by Crippen LogP contribution is 2.44. The van der Waals surface area contributed by atoms with Gasteiger partial charge in [-0.05, 0) is 52.4 Å². The lowest BCUT2D eigenvalue weighted by molar-refractivity contribution is -0.146. The maximum absolute atomic E-state index is 13.6. The third kappa shape index (κ3) is 5.62. The molecule has 0 radical (unpaired) electrons. The number of hydrogen-bond donors (Lipinski definition) is 1. The Morgan fingerprint density at radius 3 is 2.40 bits per heavy atom. The van der Waals surface area contributed by atoms with Crippen LogP contribution >= 0.6 is 11.6 Å². The number of amides is 1. The fraction of sp³-hybridized carbons (Fsp3) is 0.231. The predicted octanol–water partition coefficient (Wildman–Crippen LogP) is 6.48. The van der Waals surface area contributed by atoms with E-state index in [1.807, 2.05) is 48.5 Å².